The first-order valence-electron chi connectivity index (χ1n) is 5.69. The zero-order valence-electron chi connectivity index (χ0n) is 9.56. The van der Waals surface area contributed by atoms with E-state index in [4.69, 9.17) is 0 Å². The Kier molecular flexibility index (Phi) is 3.82. The minimum atomic E-state index is -0.379. The molecular formula is C12H15N3O2. The molecule has 1 amide bonds. The van der Waals surface area contributed by atoms with Crippen LogP contribution in [-0.4, -0.2) is 47.8 Å². The van der Waals surface area contributed by atoms with E-state index >= 15 is 0 Å². The number of rotatable bonds is 3. The zero-order chi connectivity index (χ0) is 12.1. The quantitative estimate of drug-likeness (QED) is 0.723. The van der Waals surface area contributed by atoms with E-state index in [2.05, 4.69) is 10.3 Å². The molecule has 0 radical (unpaired) electrons. The highest BCUT2D eigenvalue weighted by molar-refractivity contribution is 6.36. The normalized spacial score (nSPS) is 15.6. The number of nitrogens with one attached hydrogen (secondary N) is 1. The topological polar surface area (TPSA) is 62.3 Å². The maximum atomic E-state index is 11.8. The Morgan fingerprint density at radius 3 is 2.76 bits per heavy atom. The van der Waals surface area contributed by atoms with Crippen LogP contribution in [0.15, 0.2) is 24.5 Å². The summed E-state index contributed by atoms with van der Waals surface area (Å²) in [6.45, 7) is 2.73. The molecule has 1 fully saturated rings. The van der Waals surface area contributed by atoms with Crippen molar-refractivity contribution in [1.29, 1.82) is 0 Å². The van der Waals surface area contributed by atoms with Crippen molar-refractivity contribution in [3.8, 4) is 0 Å². The van der Waals surface area contributed by atoms with Gasteiger partial charge in [-0.15, -0.1) is 0 Å². The highest BCUT2D eigenvalue weighted by Crippen LogP contribution is 2.01. The molecule has 0 saturated carbocycles. The summed E-state index contributed by atoms with van der Waals surface area (Å²) in [5, 5.41) is 3.14. The summed E-state index contributed by atoms with van der Waals surface area (Å²) in [4.78, 5) is 29.1. The average molecular weight is 233 g/mol. The lowest BCUT2D eigenvalue weighted by Crippen LogP contribution is -2.49. The van der Waals surface area contributed by atoms with Crippen molar-refractivity contribution < 1.29 is 9.59 Å². The number of hydrogen-bond donors (Lipinski definition) is 1. The lowest BCUT2D eigenvalue weighted by Gasteiger charge is -2.26. The smallest absolute Gasteiger partial charge is 0.290 e. The van der Waals surface area contributed by atoms with Crippen LogP contribution in [0.5, 0.6) is 0 Å². The van der Waals surface area contributed by atoms with Crippen LogP contribution in [0.4, 0.5) is 0 Å². The zero-order valence-corrected chi connectivity index (χ0v) is 9.56. The number of piperazine rings is 1. The maximum absolute atomic E-state index is 11.8. The number of nitrogens with zero attached hydrogens (tertiary/aromatic N) is 2. The van der Waals surface area contributed by atoms with E-state index < -0.39 is 0 Å². The SMILES string of the molecule is O=C(Cc1cccnc1)C(=O)N1CCNCC1. The molecule has 0 unspecified atom stereocenters. The van der Waals surface area contributed by atoms with Gasteiger partial charge in [0.2, 0.25) is 5.78 Å². The summed E-state index contributed by atoms with van der Waals surface area (Å²) in [6.07, 6.45) is 3.39. The number of carbonyl (C=O) groups is 2. The summed E-state index contributed by atoms with van der Waals surface area (Å²) in [5.41, 5.74) is 0.779. The number of hydrogen-bond acceptors (Lipinski definition) is 4. The highest BCUT2D eigenvalue weighted by Gasteiger charge is 2.22. The van der Waals surface area contributed by atoms with Gasteiger partial charge in [0, 0.05) is 45.0 Å². The van der Waals surface area contributed by atoms with Gasteiger partial charge in [0.1, 0.15) is 0 Å². The number of Topliss-reactive ketones (excluding diaryl/α,β-unsaturated/α-hetero) is 1. The summed E-state index contributed by atoms with van der Waals surface area (Å²) in [6, 6.07) is 3.56. The predicted molar refractivity (Wildman–Crippen MR) is 62.4 cm³/mol. The first kappa shape index (κ1) is 11.7. The van der Waals surface area contributed by atoms with E-state index in [1.165, 1.54) is 0 Å². The van der Waals surface area contributed by atoms with Crippen LogP contribution in [0.25, 0.3) is 0 Å². The third-order valence-electron chi connectivity index (χ3n) is 2.73. The van der Waals surface area contributed by atoms with Crippen LogP contribution in [-0.2, 0) is 16.0 Å². The Balaban J connectivity index is 1.93. The number of ketones is 1. The molecule has 0 bridgehead atoms. The van der Waals surface area contributed by atoms with E-state index in [-0.39, 0.29) is 18.1 Å². The molecule has 5 nitrogen and oxygen atoms in total. The van der Waals surface area contributed by atoms with Crippen molar-refractivity contribution in [1.82, 2.24) is 15.2 Å². The van der Waals surface area contributed by atoms with Crippen molar-refractivity contribution in [2.24, 2.45) is 0 Å². The number of aromatic nitrogens is 1. The van der Waals surface area contributed by atoms with E-state index in [0.29, 0.717) is 13.1 Å². The lowest BCUT2D eigenvalue weighted by molar-refractivity contribution is -0.144. The van der Waals surface area contributed by atoms with Gasteiger partial charge in [-0.2, -0.15) is 0 Å². The lowest BCUT2D eigenvalue weighted by atomic mass is 10.1. The first-order valence-corrected chi connectivity index (χ1v) is 5.69. The Hall–Kier alpha value is -1.75. The second kappa shape index (κ2) is 5.54. The minimum absolute atomic E-state index is 0.136. The van der Waals surface area contributed by atoms with E-state index in [0.717, 1.165) is 18.7 Å². The molecule has 1 saturated heterocycles. The molecule has 0 aromatic carbocycles. The molecular weight excluding hydrogens is 218 g/mol. The van der Waals surface area contributed by atoms with Gasteiger partial charge < -0.3 is 10.2 Å². The molecule has 17 heavy (non-hydrogen) atoms. The third-order valence-corrected chi connectivity index (χ3v) is 2.73. The fourth-order valence-electron chi connectivity index (χ4n) is 1.81. The summed E-state index contributed by atoms with van der Waals surface area (Å²) >= 11 is 0. The fraction of sp³-hybridized carbons (Fsp3) is 0.417. The molecule has 2 heterocycles. The van der Waals surface area contributed by atoms with Gasteiger partial charge in [-0.3, -0.25) is 14.6 Å². The van der Waals surface area contributed by atoms with E-state index in [1.54, 1.807) is 29.4 Å². The van der Waals surface area contributed by atoms with E-state index in [1.807, 2.05) is 0 Å². The minimum Gasteiger partial charge on any atom is -0.334 e. The Labute approximate surface area is 99.8 Å². The van der Waals surface area contributed by atoms with Gasteiger partial charge in [-0.1, -0.05) is 6.07 Å². The number of amides is 1. The molecule has 1 aromatic heterocycles. The Bertz CT molecular complexity index is 399. The number of carbonyl (C=O) groups excluding carboxylic acids is 2. The van der Waals surface area contributed by atoms with Gasteiger partial charge in [0.25, 0.3) is 5.91 Å². The van der Waals surface area contributed by atoms with Crippen molar-refractivity contribution in [2.75, 3.05) is 26.2 Å². The van der Waals surface area contributed by atoms with Crippen LogP contribution in [0.2, 0.25) is 0 Å². The van der Waals surface area contributed by atoms with Crippen LogP contribution in [0.3, 0.4) is 0 Å². The Morgan fingerprint density at radius 2 is 2.12 bits per heavy atom. The fourth-order valence-corrected chi connectivity index (χ4v) is 1.81. The molecule has 0 aliphatic carbocycles. The first-order chi connectivity index (χ1) is 8.27. The van der Waals surface area contributed by atoms with Crippen LogP contribution in [0.1, 0.15) is 5.56 Å². The number of pyridine rings is 1. The van der Waals surface area contributed by atoms with Gasteiger partial charge in [0.05, 0.1) is 0 Å². The molecule has 1 N–H and O–H groups in total. The molecule has 2 rings (SSSR count). The molecule has 0 spiro atoms. The van der Waals surface area contributed by atoms with Gasteiger partial charge in [-0.05, 0) is 11.6 Å². The van der Waals surface area contributed by atoms with Crippen molar-refractivity contribution in [2.45, 2.75) is 6.42 Å². The van der Waals surface area contributed by atoms with Crippen LogP contribution >= 0.6 is 0 Å². The summed E-state index contributed by atoms with van der Waals surface area (Å²) in [5.74, 6) is -0.741. The monoisotopic (exact) mass is 233 g/mol. The Morgan fingerprint density at radius 1 is 1.35 bits per heavy atom. The molecule has 0 atom stereocenters. The highest BCUT2D eigenvalue weighted by atomic mass is 16.2. The van der Waals surface area contributed by atoms with Crippen molar-refractivity contribution in [3.05, 3.63) is 30.1 Å². The largest absolute Gasteiger partial charge is 0.334 e. The second-order valence-corrected chi connectivity index (χ2v) is 4.00. The summed E-state index contributed by atoms with van der Waals surface area (Å²) in [7, 11) is 0. The average Bonchev–Trinajstić information content (AvgIpc) is 2.40. The molecule has 1 aliphatic heterocycles. The van der Waals surface area contributed by atoms with Crippen LogP contribution < -0.4 is 5.32 Å². The van der Waals surface area contributed by atoms with Gasteiger partial charge in [0.15, 0.2) is 0 Å². The molecule has 90 valence electrons. The second-order valence-electron chi connectivity index (χ2n) is 4.00. The van der Waals surface area contributed by atoms with E-state index in [9.17, 15) is 9.59 Å². The molecule has 5 heteroatoms. The third kappa shape index (κ3) is 3.10. The molecule has 1 aromatic rings. The van der Waals surface area contributed by atoms with Gasteiger partial charge >= 0.3 is 0 Å². The molecule has 1 aliphatic rings. The maximum Gasteiger partial charge on any atom is 0.290 e. The standard InChI is InChI=1S/C12H15N3O2/c16-11(8-10-2-1-3-14-9-10)12(17)15-6-4-13-5-7-15/h1-3,9,13H,4-8H2. The summed E-state index contributed by atoms with van der Waals surface area (Å²) < 4.78 is 0. The predicted octanol–water partition coefficient (Wildman–Crippen LogP) is -0.375. The van der Waals surface area contributed by atoms with Crippen molar-refractivity contribution >= 4 is 11.7 Å². The van der Waals surface area contributed by atoms with Crippen LogP contribution in [0, 0.1) is 0 Å². The van der Waals surface area contributed by atoms with Gasteiger partial charge in [-0.25, -0.2) is 0 Å². The van der Waals surface area contributed by atoms with Crippen molar-refractivity contribution in [3.63, 3.8) is 0 Å².